The molecular formula is C16H16Br2FNO. The number of hydrogen-bond donors (Lipinski definition) is 1. The van der Waals surface area contributed by atoms with E-state index in [0.717, 1.165) is 21.3 Å². The Labute approximate surface area is 141 Å². The first-order chi connectivity index (χ1) is 10.1. The molecule has 0 fully saturated rings. The van der Waals surface area contributed by atoms with Crippen molar-refractivity contribution in [3.63, 3.8) is 0 Å². The fourth-order valence-corrected chi connectivity index (χ4v) is 3.16. The Kier molecular flexibility index (Phi) is 5.79. The van der Waals surface area contributed by atoms with Crippen LogP contribution in [-0.4, -0.2) is 14.2 Å². The zero-order valence-electron chi connectivity index (χ0n) is 11.8. The van der Waals surface area contributed by atoms with Gasteiger partial charge in [-0.15, -0.1) is 0 Å². The molecule has 0 bridgehead atoms. The highest BCUT2D eigenvalue weighted by Crippen LogP contribution is 2.31. The molecule has 0 saturated heterocycles. The summed E-state index contributed by atoms with van der Waals surface area (Å²) in [6.07, 6.45) is 0.667. The minimum atomic E-state index is -0.243. The predicted molar refractivity (Wildman–Crippen MR) is 90.3 cm³/mol. The maximum atomic E-state index is 13.6. The van der Waals surface area contributed by atoms with E-state index >= 15 is 0 Å². The first kappa shape index (κ1) is 16.5. The van der Waals surface area contributed by atoms with Crippen LogP contribution in [0.2, 0.25) is 0 Å². The normalized spacial score (nSPS) is 12.2. The molecule has 1 unspecified atom stereocenters. The fraction of sp³-hybridized carbons (Fsp3) is 0.250. The zero-order chi connectivity index (χ0) is 15.4. The summed E-state index contributed by atoms with van der Waals surface area (Å²) in [5.41, 5.74) is 2.00. The Bertz CT molecular complexity index is 634. The third kappa shape index (κ3) is 3.84. The third-order valence-electron chi connectivity index (χ3n) is 3.38. The molecular weight excluding hydrogens is 401 g/mol. The summed E-state index contributed by atoms with van der Waals surface area (Å²) in [4.78, 5) is 0. The maximum absolute atomic E-state index is 13.6. The molecule has 0 amide bonds. The summed E-state index contributed by atoms with van der Waals surface area (Å²) < 4.78 is 20.4. The molecule has 2 aromatic carbocycles. The van der Waals surface area contributed by atoms with Crippen LogP contribution >= 0.6 is 31.9 Å². The van der Waals surface area contributed by atoms with Crippen LogP contribution in [0.4, 0.5) is 4.39 Å². The SMILES string of the molecule is CNC(Cc1cccc(F)c1Br)c1cc(OC)ccc1Br. The molecule has 0 aromatic heterocycles. The average molecular weight is 417 g/mol. The second kappa shape index (κ2) is 7.38. The van der Waals surface area contributed by atoms with E-state index in [4.69, 9.17) is 4.74 Å². The summed E-state index contributed by atoms with van der Waals surface area (Å²) >= 11 is 6.88. The van der Waals surface area contributed by atoms with Crippen LogP contribution in [0, 0.1) is 5.82 Å². The summed E-state index contributed by atoms with van der Waals surface area (Å²) in [5, 5.41) is 3.28. The van der Waals surface area contributed by atoms with Gasteiger partial charge in [0, 0.05) is 10.5 Å². The van der Waals surface area contributed by atoms with Crippen molar-refractivity contribution in [3.05, 3.63) is 62.3 Å². The minimum Gasteiger partial charge on any atom is -0.497 e. The quantitative estimate of drug-likeness (QED) is 0.751. The average Bonchev–Trinajstić information content (AvgIpc) is 2.50. The summed E-state index contributed by atoms with van der Waals surface area (Å²) in [6.45, 7) is 0. The van der Waals surface area contributed by atoms with Gasteiger partial charge in [-0.3, -0.25) is 0 Å². The van der Waals surface area contributed by atoms with E-state index in [1.54, 1.807) is 13.2 Å². The molecule has 5 heteroatoms. The number of halogens is 3. The van der Waals surface area contributed by atoms with Crippen molar-refractivity contribution in [3.8, 4) is 5.75 Å². The highest BCUT2D eigenvalue weighted by atomic mass is 79.9. The zero-order valence-corrected chi connectivity index (χ0v) is 15.0. The van der Waals surface area contributed by atoms with Crippen molar-refractivity contribution in [2.75, 3.05) is 14.2 Å². The number of ether oxygens (including phenoxy) is 1. The van der Waals surface area contributed by atoms with Crippen LogP contribution in [0.25, 0.3) is 0 Å². The van der Waals surface area contributed by atoms with Gasteiger partial charge in [0.2, 0.25) is 0 Å². The lowest BCUT2D eigenvalue weighted by Crippen LogP contribution is -2.19. The maximum Gasteiger partial charge on any atom is 0.137 e. The highest BCUT2D eigenvalue weighted by molar-refractivity contribution is 9.10. The third-order valence-corrected chi connectivity index (χ3v) is 4.99. The molecule has 0 spiro atoms. The monoisotopic (exact) mass is 415 g/mol. The van der Waals surface area contributed by atoms with Gasteiger partial charge in [0.1, 0.15) is 11.6 Å². The van der Waals surface area contributed by atoms with Crippen molar-refractivity contribution in [2.24, 2.45) is 0 Å². The van der Waals surface area contributed by atoms with Crippen LogP contribution in [-0.2, 0) is 6.42 Å². The van der Waals surface area contributed by atoms with Gasteiger partial charge in [-0.1, -0.05) is 28.1 Å². The van der Waals surface area contributed by atoms with Crippen LogP contribution in [0.1, 0.15) is 17.2 Å². The van der Waals surface area contributed by atoms with E-state index in [-0.39, 0.29) is 11.9 Å². The summed E-state index contributed by atoms with van der Waals surface area (Å²) in [6, 6.07) is 11.0. The van der Waals surface area contributed by atoms with E-state index in [9.17, 15) is 4.39 Å². The lowest BCUT2D eigenvalue weighted by molar-refractivity contribution is 0.413. The molecule has 21 heavy (non-hydrogen) atoms. The number of nitrogens with one attached hydrogen (secondary N) is 1. The van der Waals surface area contributed by atoms with Gasteiger partial charge in [0.15, 0.2) is 0 Å². The molecule has 112 valence electrons. The number of rotatable bonds is 5. The standard InChI is InChI=1S/C16H16Br2FNO/c1-20-15(8-10-4-3-5-14(19)16(10)18)12-9-11(21-2)6-7-13(12)17/h3-7,9,15,20H,8H2,1-2H3. The molecule has 0 aliphatic rings. The van der Waals surface area contributed by atoms with Crippen molar-refractivity contribution in [1.29, 1.82) is 0 Å². The van der Waals surface area contributed by atoms with Gasteiger partial charge in [-0.25, -0.2) is 4.39 Å². The summed E-state index contributed by atoms with van der Waals surface area (Å²) in [7, 11) is 3.54. The van der Waals surface area contributed by atoms with E-state index in [1.165, 1.54) is 6.07 Å². The Hall–Kier alpha value is -0.910. The minimum absolute atomic E-state index is 0.0487. The van der Waals surface area contributed by atoms with E-state index < -0.39 is 0 Å². The Balaban J connectivity index is 2.34. The predicted octanol–water partition coefficient (Wildman–Crippen LogP) is 4.86. The van der Waals surface area contributed by atoms with Crippen LogP contribution in [0.3, 0.4) is 0 Å². The molecule has 0 saturated carbocycles. The fourth-order valence-electron chi connectivity index (χ4n) is 2.21. The second-order valence-corrected chi connectivity index (χ2v) is 6.29. The van der Waals surface area contributed by atoms with Gasteiger partial charge in [0.25, 0.3) is 0 Å². The molecule has 1 atom stereocenters. The van der Waals surface area contributed by atoms with Crippen molar-refractivity contribution < 1.29 is 9.13 Å². The van der Waals surface area contributed by atoms with E-state index in [1.807, 2.05) is 31.3 Å². The van der Waals surface area contributed by atoms with E-state index in [2.05, 4.69) is 37.2 Å². The largest absolute Gasteiger partial charge is 0.497 e. The van der Waals surface area contributed by atoms with Crippen LogP contribution in [0.15, 0.2) is 45.3 Å². The molecule has 0 aliphatic carbocycles. The first-order valence-corrected chi connectivity index (χ1v) is 8.09. The number of likely N-dealkylation sites (N-methyl/N-ethyl adjacent to an activating group) is 1. The number of methoxy groups -OCH3 is 1. The smallest absolute Gasteiger partial charge is 0.137 e. The molecule has 1 N–H and O–H groups in total. The molecule has 2 rings (SSSR count). The number of hydrogen-bond acceptors (Lipinski definition) is 2. The molecule has 0 aliphatic heterocycles. The van der Waals surface area contributed by atoms with Crippen molar-refractivity contribution in [1.82, 2.24) is 5.32 Å². The van der Waals surface area contributed by atoms with Crippen molar-refractivity contribution in [2.45, 2.75) is 12.5 Å². The Morgan fingerprint density at radius 3 is 2.67 bits per heavy atom. The van der Waals surface area contributed by atoms with E-state index in [0.29, 0.717) is 10.9 Å². The van der Waals surface area contributed by atoms with Crippen molar-refractivity contribution >= 4 is 31.9 Å². The Morgan fingerprint density at radius 1 is 1.24 bits per heavy atom. The second-order valence-electron chi connectivity index (χ2n) is 4.65. The lowest BCUT2D eigenvalue weighted by Gasteiger charge is -2.20. The molecule has 0 radical (unpaired) electrons. The number of benzene rings is 2. The first-order valence-electron chi connectivity index (χ1n) is 6.50. The lowest BCUT2D eigenvalue weighted by atomic mass is 9.98. The molecule has 0 heterocycles. The summed E-state index contributed by atoms with van der Waals surface area (Å²) in [5.74, 6) is 0.554. The van der Waals surface area contributed by atoms with Gasteiger partial charge >= 0.3 is 0 Å². The van der Waals surface area contributed by atoms with Gasteiger partial charge < -0.3 is 10.1 Å². The van der Waals surface area contributed by atoms with Gasteiger partial charge in [0.05, 0.1) is 11.6 Å². The molecule has 2 aromatic rings. The molecule has 2 nitrogen and oxygen atoms in total. The van der Waals surface area contributed by atoms with Gasteiger partial charge in [-0.2, -0.15) is 0 Å². The van der Waals surface area contributed by atoms with Gasteiger partial charge in [-0.05, 0) is 64.8 Å². The van der Waals surface area contributed by atoms with Crippen LogP contribution in [0.5, 0.6) is 5.75 Å². The van der Waals surface area contributed by atoms with Crippen LogP contribution < -0.4 is 10.1 Å². The highest BCUT2D eigenvalue weighted by Gasteiger charge is 2.17. The Morgan fingerprint density at radius 2 is 2.00 bits per heavy atom. The topological polar surface area (TPSA) is 21.3 Å².